The summed E-state index contributed by atoms with van der Waals surface area (Å²) in [5, 5.41) is 11.7. The van der Waals surface area contributed by atoms with Crippen molar-refractivity contribution in [1.29, 1.82) is 0 Å². The molecular weight excluding hydrogens is 258 g/mol. The van der Waals surface area contributed by atoms with Crippen LogP contribution >= 0.6 is 0 Å². The molecule has 0 aromatic heterocycles. The van der Waals surface area contributed by atoms with Crippen LogP contribution < -0.4 is 5.32 Å². The number of aromatic carboxylic acids is 1. The SMILES string of the molecule is O=C(O)c1ccc(CN2CCN3C(=O)NC[C@H]3C2)cc1. The van der Waals surface area contributed by atoms with Crippen LogP contribution in [-0.2, 0) is 6.54 Å². The Hall–Kier alpha value is -2.08. The fourth-order valence-electron chi connectivity index (χ4n) is 2.82. The van der Waals surface area contributed by atoms with Crippen LogP contribution in [0, 0.1) is 0 Å². The van der Waals surface area contributed by atoms with Gasteiger partial charge in [-0.05, 0) is 17.7 Å². The van der Waals surface area contributed by atoms with Crippen LogP contribution in [0.15, 0.2) is 24.3 Å². The minimum Gasteiger partial charge on any atom is -0.478 e. The Bertz CT molecular complexity index is 529. The van der Waals surface area contributed by atoms with Gasteiger partial charge in [0.05, 0.1) is 11.6 Å². The van der Waals surface area contributed by atoms with Crippen LogP contribution in [0.5, 0.6) is 0 Å². The molecule has 2 amide bonds. The summed E-state index contributed by atoms with van der Waals surface area (Å²) >= 11 is 0. The fourth-order valence-corrected chi connectivity index (χ4v) is 2.82. The Labute approximate surface area is 117 Å². The molecule has 6 nitrogen and oxygen atoms in total. The van der Waals surface area contributed by atoms with Crippen molar-refractivity contribution in [2.45, 2.75) is 12.6 Å². The number of amides is 2. The van der Waals surface area contributed by atoms with Gasteiger partial charge in [-0.2, -0.15) is 0 Å². The van der Waals surface area contributed by atoms with E-state index in [4.69, 9.17) is 5.11 Å². The maximum absolute atomic E-state index is 11.5. The molecule has 0 unspecified atom stereocenters. The van der Waals surface area contributed by atoms with E-state index >= 15 is 0 Å². The topological polar surface area (TPSA) is 72.9 Å². The number of fused-ring (bicyclic) bond motifs is 1. The molecule has 20 heavy (non-hydrogen) atoms. The van der Waals surface area contributed by atoms with Gasteiger partial charge in [-0.25, -0.2) is 9.59 Å². The molecule has 6 heteroatoms. The van der Waals surface area contributed by atoms with Gasteiger partial charge in [0.2, 0.25) is 0 Å². The zero-order valence-electron chi connectivity index (χ0n) is 11.1. The van der Waals surface area contributed by atoms with E-state index in [1.54, 1.807) is 12.1 Å². The lowest BCUT2D eigenvalue weighted by atomic mass is 10.1. The largest absolute Gasteiger partial charge is 0.478 e. The number of nitrogens with zero attached hydrogens (tertiary/aromatic N) is 2. The van der Waals surface area contributed by atoms with Crippen LogP contribution in [0.3, 0.4) is 0 Å². The monoisotopic (exact) mass is 275 g/mol. The second kappa shape index (κ2) is 5.13. The summed E-state index contributed by atoms with van der Waals surface area (Å²) < 4.78 is 0. The molecule has 0 radical (unpaired) electrons. The second-order valence-corrected chi connectivity index (χ2v) is 5.27. The molecule has 106 valence electrons. The molecule has 2 N–H and O–H groups in total. The molecule has 0 saturated carbocycles. The third kappa shape index (κ3) is 2.46. The number of carbonyl (C=O) groups is 2. The molecule has 2 saturated heterocycles. The Balaban J connectivity index is 1.61. The van der Waals surface area contributed by atoms with Crippen molar-refractivity contribution < 1.29 is 14.7 Å². The van der Waals surface area contributed by atoms with E-state index < -0.39 is 5.97 Å². The van der Waals surface area contributed by atoms with Gasteiger partial charge in [0.15, 0.2) is 0 Å². The van der Waals surface area contributed by atoms with Crippen molar-refractivity contribution in [3.8, 4) is 0 Å². The summed E-state index contributed by atoms with van der Waals surface area (Å²) in [4.78, 5) is 26.5. The second-order valence-electron chi connectivity index (χ2n) is 5.27. The van der Waals surface area contributed by atoms with Crippen molar-refractivity contribution in [3.63, 3.8) is 0 Å². The molecule has 1 atom stereocenters. The number of carboxylic acid groups (broad SMARTS) is 1. The first-order chi connectivity index (χ1) is 9.63. The minimum atomic E-state index is -0.902. The van der Waals surface area contributed by atoms with Crippen molar-refractivity contribution in [2.24, 2.45) is 0 Å². The Morgan fingerprint density at radius 2 is 2.05 bits per heavy atom. The standard InChI is InChI=1S/C14H17N3O3/c18-13(19)11-3-1-10(2-4-11)8-16-5-6-17-12(9-16)7-15-14(17)20/h1-4,12H,5-9H2,(H,15,20)(H,18,19)/t12-/m0/s1. The Morgan fingerprint density at radius 1 is 1.30 bits per heavy atom. The van der Waals surface area contributed by atoms with Crippen LogP contribution in [0.25, 0.3) is 0 Å². The third-order valence-electron chi connectivity index (χ3n) is 3.92. The third-order valence-corrected chi connectivity index (χ3v) is 3.92. The Morgan fingerprint density at radius 3 is 2.75 bits per heavy atom. The van der Waals surface area contributed by atoms with Crippen molar-refractivity contribution in [1.82, 2.24) is 15.1 Å². The molecule has 2 aliphatic heterocycles. The van der Waals surface area contributed by atoms with Crippen molar-refractivity contribution in [3.05, 3.63) is 35.4 Å². The van der Waals surface area contributed by atoms with E-state index in [9.17, 15) is 9.59 Å². The zero-order chi connectivity index (χ0) is 14.1. The average Bonchev–Trinajstić information content (AvgIpc) is 2.81. The predicted octanol–water partition coefficient (Wildman–Crippen LogP) is 0.594. The number of urea groups is 1. The molecule has 0 aliphatic carbocycles. The number of rotatable bonds is 3. The normalized spacial score (nSPS) is 22.5. The van der Waals surface area contributed by atoms with E-state index in [1.165, 1.54) is 0 Å². The molecule has 1 aromatic carbocycles. The molecule has 1 aromatic rings. The number of benzene rings is 1. The van der Waals surface area contributed by atoms with Crippen molar-refractivity contribution >= 4 is 12.0 Å². The van der Waals surface area contributed by atoms with Gasteiger partial charge in [0, 0.05) is 32.7 Å². The molecule has 0 spiro atoms. The predicted molar refractivity (Wildman–Crippen MR) is 72.6 cm³/mol. The highest BCUT2D eigenvalue weighted by Gasteiger charge is 2.35. The van der Waals surface area contributed by atoms with E-state index in [0.29, 0.717) is 12.1 Å². The molecule has 0 bridgehead atoms. The van der Waals surface area contributed by atoms with E-state index in [-0.39, 0.29) is 12.1 Å². The first-order valence-electron chi connectivity index (χ1n) is 6.72. The van der Waals surface area contributed by atoms with Crippen LogP contribution in [-0.4, -0.2) is 59.1 Å². The summed E-state index contributed by atoms with van der Waals surface area (Å²) in [6, 6.07) is 7.28. The van der Waals surface area contributed by atoms with Gasteiger partial charge < -0.3 is 15.3 Å². The molecule has 2 aliphatic rings. The van der Waals surface area contributed by atoms with Gasteiger partial charge >= 0.3 is 12.0 Å². The average molecular weight is 275 g/mol. The number of piperazine rings is 1. The number of nitrogens with one attached hydrogen (secondary N) is 1. The summed E-state index contributed by atoms with van der Waals surface area (Å²) in [7, 11) is 0. The van der Waals surface area contributed by atoms with Crippen LogP contribution in [0.2, 0.25) is 0 Å². The highest BCUT2D eigenvalue weighted by molar-refractivity contribution is 5.87. The smallest absolute Gasteiger partial charge is 0.335 e. The highest BCUT2D eigenvalue weighted by Crippen LogP contribution is 2.16. The number of carbonyl (C=O) groups excluding carboxylic acids is 1. The van der Waals surface area contributed by atoms with E-state index in [2.05, 4.69) is 10.2 Å². The summed E-state index contributed by atoms with van der Waals surface area (Å²) in [5.74, 6) is -0.902. The molecule has 2 heterocycles. The lowest BCUT2D eigenvalue weighted by Gasteiger charge is -2.36. The van der Waals surface area contributed by atoms with Gasteiger partial charge in [0.1, 0.15) is 0 Å². The molecular formula is C14H17N3O3. The van der Waals surface area contributed by atoms with E-state index in [0.717, 1.165) is 31.7 Å². The number of hydrogen-bond donors (Lipinski definition) is 2. The maximum Gasteiger partial charge on any atom is 0.335 e. The molecule has 2 fully saturated rings. The lowest BCUT2D eigenvalue weighted by molar-refractivity contribution is 0.0697. The van der Waals surface area contributed by atoms with Gasteiger partial charge in [0.25, 0.3) is 0 Å². The quantitative estimate of drug-likeness (QED) is 0.847. The zero-order valence-corrected chi connectivity index (χ0v) is 11.1. The van der Waals surface area contributed by atoms with Crippen molar-refractivity contribution in [2.75, 3.05) is 26.2 Å². The summed E-state index contributed by atoms with van der Waals surface area (Å²) in [6.45, 7) is 3.97. The lowest BCUT2D eigenvalue weighted by Crippen LogP contribution is -2.51. The first kappa shape index (κ1) is 12.9. The maximum atomic E-state index is 11.5. The summed E-state index contributed by atoms with van der Waals surface area (Å²) in [6.07, 6.45) is 0. The number of carboxylic acids is 1. The van der Waals surface area contributed by atoms with E-state index in [1.807, 2.05) is 17.0 Å². The minimum absolute atomic E-state index is 0.0421. The summed E-state index contributed by atoms with van der Waals surface area (Å²) in [5.41, 5.74) is 1.41. The number of hydrogen-bond acceptors (Lipinski definition) is 3. The fraction of sp³-hybridized carbons (Fsp3) is 0.429. The van der Waals surface area contributed by atoms with Gasteiger partial charge in [-0.15, -0.1) is 0 Å². The Kier molecular flexibility index (Phi) is 3.31. The van der Waals surface area contributed by atoms with Gasteiger partial charge in [-0.3, -0.25) is 4.90 Å². The van der Waals surface area contributed by atoms with Crippen LogP contribution in [0.1, 0.15) is 15.9 Å². The van der Waals surface area contributed by atoms with Gasteiger partial charge in [-0.1, -0.05) is 12.1 Å². The molecule has 3 rings (SSSR count). The first-order valence-corrected chi connectivity index (χ1v) is 6.72. The highest BCUT2D eigenvalue weighted by atomic mass is 16.4. The van der Waals surface area contributed by atoms with Crippen LogP contribution in [0.4, 0.5) is 4.79 Å².